The minimum Gasteiger partial charge on any atom is -0.355 e. The fourth-order valence-electron chi connectivity index (χ4n) is 3.14. The lowest BCUT2D eigenvalue weighted by molar-refractivity contribution is 0.294. The van der Waals surface area contributed by atoms with Gasteiger partial charge in [0, 0.05) is 19.5 Å². The predicted octanol–water partition coefficient (Wildman–Crippen LogP) is 1.73. The molecule has 0 aromatic carbocycles. The Balaban J connectivity index is 1.54. The molecule has 5 nitrogen and oxygen atoms in total. The molecule has 0 unspecified atom stereocenters. The summed E-state index contributed by atoms with van der Waals surface area (Å²) >= 11 is 1.65. The van der Waals surface area contributed by atoms with Gasteiger partial charge in [0.1, 0.15) is 16.5 Å². The molecule has 0 N–H and O–H groups in total. The van der Waals surface area contributed by atoms with Gasteiger partial charge < -0.3 is 4.90 Å². The van der Waals surface area contributed by atoms with Crippen molar-refractivity contribution < 1.29 is 8.42 Å². The minimum absolute atomic E-state index is 0.358. The second kappa shape index (κ2) is 4.64. The first-order valence-electron chi connectivity index (χ1n) is 7.25. The highest BCUT2D eigenvalue weighted by Gasteiger charge is 2.44. The van der Waals surface area contributed by atoms with Crippen LogP contribution in [0.3, 0.4) is 0 Å². The molecule has 112 valence electrons. The number of fused-ring (bicyclic) bond motifs is 1. The number of rotatable bonds is 3. The quantitative estimate of drug-likeness (QED) is 0.861. The highest BCUT2D eigenvalue weighted by Crippen LogP contribution is 2.37. The van der Waals surface area contributed by atoms with Crippen LogP contribution in [-0.4, -0.2) is 43.0 Å². The van der Waals surface area contributed by atoms with Crippen LogP contribution in [0.15, 0.2) is 11.4 Å². The zero-order valence-electron chi connectivity index (χ0n) is 11.8. The lowest BCUT2D eigenvalue weighted by Crippen LogP contribution is -2.56. The largest absolute Gasteiger partial charge is 0.355 e. The highest BCUT2D eigenvalue weighted by atomic mass is 32.2. The fourth-order valence-corrected chi connectivity index (χ4v) is 5.67. The van der Waals surface area contributed by atoms with Gasteiger partial charge in [-0.05, 0) is 23.3 Å². The molecular formula is C14H17N3O2S2. The summed E-state index contributed by atoms with van der Waals surface area (Å²) in [5.41, 5.74) is 0. The van der Waals surface area contributed by atoms with E-state index in [1.807, 2.05) is 0 Å². The smallest absolute Gasteiger partial charge is 0.150 e. The van der Waals surface area contributed by atoms with Crippen LogP contribution in [0.2, 0.25) is 0 Å². The van der Waals surface area contributed by atoms with Crippen molar-refractivity contribution in [3.8, 4) is 0 Å². The third-order valence-electron chi connectivity index (χ3n) is 4.48. The maximum absolute atomic E-state index is 11.3. The van der Waals surface area contributed by atoms with Gasteiger partial charge in [-0.3, -0.25) is 0 Å². The van der Waals surface area contributed by atoms with Crippen molar-refractivity contribution in [2.24, 2.45) is 11.8 Å². The van der Waals surface area contributed by atoms with Crippen molar-refractivity contribution in [2.75, 3.05) is 29.5 Å². The second-order valence-electron chi connectivity index (χ2n) is 5.96. The molecule has 4 rings (SSSR count). The van der Waals surface area contributed by atoms with Gasteiger partial charge in [0.25, 0.3) is 0 Å². The van der Waals surface area contributed by atoms with Crippen LogP contribution in [0.4, 0.5) is 5.82 Å². The summed E-state index contributed by atoms with van der Waals surface area (Å²) in [6.45, 7) is 3.91. The number of hydrogen-bond acceptors (Lipinski definition) is 6. The summed E-state index contributed by atoms with van der Waals surface area (Å²) in [5, 5.41) is 3.18. The Morgan fingerprint density at radius 1 is 1.29 bits per heavy atom. The van der Waals surface area contributed by atoms with Gasteiger partial charge in [0.2, 0.25) is 0 Å². The Morgan fingerprint density at radius 3 is 2.71 bits per heavy atom. The molecule has 2 aliphatic rings. The standard InChI is InChI=1S/C14H17N3O2S2/c1-2-12-15-13(11-3-4-20-14(11)16-12)17-5-9(6-17)10-7-21(18,19)8-10/h3-4,9-10H,2,5-8H2,1H3. The first-order valence-corrected chi connectivity index (χ1v) is 9.95. The number of aromatic nitrogens is 2. The topological polar surface area (TPSA) is 63.2 Å². The monoisotopic (exact) mass is 323 g/mol. The van der Waals surface area contributed by atoms with Gasteiger partial charge in [-0.15, -0.1) is 11.3 Å². The Labute approximate surface area is 127 Å². The van der Waals surface area contributed by atoms with E-state index in [2.05, 4.69) is 33.2 Å². The molecule has 2 saturated heterocycles. The first kappa shape index (κ1) is 13.5. The Kier molecular flexibility index (Phi) is 2.97. The maximum Gasteiger partial charge on any atom is 0.150 e. The van der Waals surface area contributed by atoms with E-state index in [1.165, 1.54) is 0 Å². The van der Waals surface area contributed by atoms with Crippen molar-refractivity contribution in [1.29, 1.82) is 0 Å². The van der Waals surface area contributed by atoms with Gasteiger partial charge in [-0.25, -0.2) is 18.4 Å². The van der Waals surface area contributed by atoms with Crippen LogP contribution in [0.5, 0.6) is 0 Å². The molecule has 0 radical (unpaired) electrons. The van der Waals surface area contributed by atoms with E-state index in [1.54, 1.807) is 11.3 Å². The number of sulfone groups is 1. The number of thiophene rings is 1. The average molecular weight is 323 g/mol. The van der Waals surface area contributed by atoms with Crippen molar-refractivity contribution in [1.82, 2.24) is 9.97 Å². The Hall–Kier alpha value is -1.21. The SMILES string of the molecule is CCc1nc(N2CC(C3CS(=O)(=O)C3)C2)c2ccsc2n1. The third-order valence-corrected chi connectivity index (χ3v) is 7.16. The first-order chi connectivity index (χ1) is 10.1. The summed E-state index contributed by atoms with van der Waals surface area (Å²) in [6.07, 6.45) is 0.832. The molecule has 7 heteroatoms. The van der Waals surface area contributed by atoms with Gasteiger partial charge in [-0.2, -0.15) is 0 Å². The summed E-state index contributed by atoms with van der Waals surface area (Å²) in [4.78, 5) is 12.6. The lowest BCUT2D eigenvalue weighted by atomic mass is 9.87. The van der Waals surface area contributed by atoms with E-state index in [-0.39, 0.29) is 0 Å². The van der Waals surface area contributed by atoms with E-state index in [9.17, 15) is 8.42 Å². The summed E-state index contributed by atoms with van der Waals surface area (Å²) in [5.74, 6) is 3.53. The van der Waals surface area contributed by atoms with E-state index in [0.717, 1.165) is 41.4 Å². The van der Waals surface area contributed by atoms with Crippen molar-refractivity contribution in [3.05, 3.63) is 17.3 Å². The van der Waals surface area contributed by atoms with Crippen LogP contribution in [0.1, 0.15) is 12.7 Å². The zero-order valence-corrected chi connectivity index (χ0v) is 13.5. The Morgan fingerprint density at radius 2 is 2.05 bits per heavy atom. The molecule has 21 heavy (non-hydrogen) atoms. The molecule has 2 aliphatic heterocycles. The molecule has 0 spiro atoms. The van der Waals surface area contributed by atoms with E-state index >= 15 is 0 Å². The molecule has 0 saturated carbocycles. The summed E-state index contributed by atoms with van der Waals surface area (Å²) in [7, 11) is -2.71. The molecule has 2 aromatic rings. The maximum atomic E-state index is 11.3. The minimum atomic E-state index is -2.71. The molecule has 4 heterocycles. The lowest BCUT2D eigenvalue weighted by Gasteiger charge is -2.46. The zero-order chi connectivity index (χ0) is 14.6. The van der Waals surface area contributed by atoms with Crippen LogP contribution in [0, 0.1) is 11.8 Å². The van der Waals surface area contributed by atoms with Crippen LogP contribution in [-0.2, 0) is 16.3 Å². The third kappa shape index (κ3) is 2.23. The summed E-state index contributed by atoms with van der Waals surface area (Å²) in [6, 6.07) is 2.08. The molecule has 2 fully saturated rings. The second-order valence-corrected chi connectivity index (χ2v) is 9.01. The molecule has 2 aromatic heterocycles. The molecule has 0 atom stereocenters. The van der Waals surface area contributed by atoms with E-state index in [0.29, 0.717) is 23.3 Å². The Bertz CT molecular complexity index is 782. The molecular weight excluding hydrogens is 306 g/mol. The van der Waals surface area contributed by atoms with Crippen molar-refractivity contribution >= 4 is 37.2 Å². The normalized spacial score (nSPS) is 22.2. The summed E-state index contributed by atoms with van der Waals surface area (Å²) < 4.78 is 22.6. The number of hydrogen-bond donors (Lipinski definition) is 0. The molecule has 0 aliphatic carbocycles. The van der Waals surface area contributed by atoms with Gasteiger partial charge in [-0.1, -0.05) is 6.92 Å². The van der Waals surface area contributed by atoms with Crippen LogP contribution >= 0.6 is 11.3 Å². The van der Waals surface area contributed by atoms with E-state index < -0.39 is 9.84 Å². The van der Waals surface area contributed by atoms with Gasteiger partial charge in [0.05, 0.1) is 16.9 Å². The fraction of sp³-hybridized carbons (Fsp3) is 0.571. The average Bonchev–Trinajstić information content (AvgIpc) is 2.82. The number of anilines is 1. The van der Waals surface area contributed by atoms with E-state index in [4.69, 9.17) is 0 Å². The van der Waals surface area contributed by atoms with Gasteiger partial charge >= 0.3 is 0 Å². The number of aryl methyl sites for hydroxylation is 1. The molecule has 0 bridgehead atoms. The van der Waals surface area contributed by atoms with Crippen molar-refractivity contribution in [3.63, 3.8) is 0 Å². The molecule has 0 amide bonds. The number of nitrogens with zero attached hydrogens (tertiary/aromatic N) is 3. The van der Waals surface area contributed by atoms with Crippen LogP contribution in [0.25, 0.3) is 10.2 Å². The van der Waals surface area contributed by atoms with Crippen molar-refractivity contribution in [2.45, 2.75) is 13.3 Å². The highest BCUT2D eigenvalue weighted by molar-refractivity contribution is 7.92. The predicted molar refractivity (Wildman–Crippen MR) is 84.6 cm³/mol. The van der Waals surface area contributed by atoms with Crippen LogP contribution < -0.4 is 4.90 Å². The van der Waals surface area contributed by atoms with Gasteiger partial charge in [0.15, 0.2) is 9.84 Å².